The summed E-state index contributed by atoms with van der Waals surface area (Å²) in [4.78, 5) is 19.7. The molecule has 6 nitrogen and oxygen atoms in total. The van der Waals surface area contributed by atoms with Crippen LogP contribution in [0.2, 0.25) is 10.3 Å². The Morgan fingerprint density at radius 3 is 2.56 bits per heavy atom. The van der Waals surface area contributed by atoms with Crippen molar-refractivity contribution in [3.8, 4) is 0 Å². The number of alkyl halides is 1. The van der Waals surface area contributed by atoms with Crippen molar-refractivity contribution in [2.75, 3.05) is 0 Å². The van der Waals surface area contributed by atoms with Crippen LogP contribution in [0.25, 0.3) is 0 Å². The number of benzene rings is 1. The largest absolute Gasteiger partial charge is 0.292 e. The molecule has 0 spiro atoms. The third kappa shape index (κ3) is 4.57. The zero-order valence-corrected chi connectivity index (χ0v) is 16.9. The SMILES string of the molecule is CCC(c1cccc(C(=O)C(Br)c2ccnc(Cl)n2)c1Cl)S(N)(=O)=O. The first-order chi connectivity index (χ1) is 11.7. The average Bonchev–Trinajstić information content (AvgIpc) is 2.54. The van der Waals surface area contributed by atoms with Crippen LogP contribution in [0, 0.1) is 0 Å². The molecule has 0 saturated carbocycles. The molecule has 10 heteroatoms. The van der Waals surface area contributed by atoms with Gasteiger partial charge >= 0.3 is 0 Å². The van der Waals surface area contributed by atoms with Gasteiger partial charge in [-0.3, -0.25) is 4.79 Å². The fourth-order valence-corrected chi connectivity index (χ4v) is 4.46. The van der Waals surface area contributed by atoms with Crippen molar-refractivity contribution in [2.45, 2.75) is 23.4 Å². The molecule has 2 rings (SSSR count). The molecule has 0 aliphatic rings. The number of nitrogens with two attached hydrogens (primary N) is 1. The van der Waals surface area contributed by atoms with Crippen LogP contribution in [0.1, 0.15) is 45.0 Å². The molecule has 0 fully saturated rings. The van der Waals surface area contributed by atoms with Crippen molar-refractivity contribution in [3.05, 3.63) is 57.6 Å². The Morgan fingerprint density at radius 1 is 1.32 bits per heavy atom. The van der Waals surface area contributed by atoms with E-state index in [0.29, 0.717) is 5.69 Å². The Labute approximate surface area is 163 Å². The Balaban J connectivity index is 2.46. The molecular weight excluding hydrogens is 453 g/mol. The van der Waals surface area contributed by atoms with Crippen molar-refractivity contribution in [1.29, 1.82) is 0 Å². The highest BCUT2D eigenvalue weighted by atomic mass is 79.9. The summed E-state index contributed by atoms with van der Waals surface area (Å²) in [5, 5.41) is 4.34. The molecule has 25 heavy (non-hydrogen) atoms. The van der Waals surface area contributed by atoms with Crippen molar-refractivity contribution in [3.63, 3.8) is 0 Å². The van der Waals surface area contributed by atoms with Crippen molar-refractivity contribution >= 4 is 54.9 Å². The third-order valence-electron chi connectivity index (χ3n) is 3.55. The monoisotopic (exact) mass is 465 g/mol. The van der Waals surface area contributed by atoms with Gasteiger partial charge in [0.1, 0.15) is 10.1 Å². The molecule has 2 unspecified atom stereocenters. The molecule has 0 aliphatic carbocycles. The molecule has 0 amide bonds. The van der Waals surface area contributed by atoms with Crippen LogP contribution < -0.4 is 5.14 Å². The number of sulfonamides is 1. The first kappa shape index (κ1) is 20.3. The first-order valence-electron chi connectivity index (χ1n) is 7.13. The highest BCUT2D eigenvalue weighted by Gasteiger charge is 2.28. The number of carbonyl (C=O) groups excluding carboxylic acids is 1. The molecule has 0 aliphatic heterocycles. The summed E-state index contributed by atoms with van der Waals surface area (Å²) < 4.78 is 23.6. The number of hydrogen-bond donors (Lipinski definition) is 1. The second-order valence-electron chi connectivity index (χ2n) is 5.17. The van der Waals surface area contributed by atoms with Gasteiger partial charge in [0.2, 0.25) is 15.3 Å². The van der Waals surface area contributed by atoms with E-state index in [4.69, 9.17) is 28.3 Å². The minimum atomic E-state index is -3.86. The molecule has 2 aromatic rings. The lowest BCUT2D eigenvalue weighted by atomic mass is 10.0. The van der Waals surface area contributed by atoms with E-state index in [1.165, 1.54) is 12.3 Å². The maximum Gasteiger partial charge on any atom is 0.222 e. The maximum atomic E-state index is 12.8. The number of halogens is 3. The van der Waals surface area contributed by atoms with Gasteiger partial charge in [-0.05, 0) is 35.7 Å². The molecule has 1 aromatic carbocycles. The molecule has 1 heterocycles. The Morgan fingerprint density at radius 2 is 2.00 bits per heavy atom. The van der Waals surface area contributed by atoms with Crippen molar-refractivity contribution < 1.29 is 13.2 Å². The van der Waals surface area contributed by atoms with E-state index in [1.54, 1.807) is 25.1 Å². The van der Waals surface area contributed by atoms with Crippen LogP contribution in [0.4, 0.5) is 0 Å². The minimum absolute atomic E-state index is 0.00914. The average molecular weight is 467 g/mol. The summed E-state index contributed by atoms with van der Waals surface area (Å²) >= 11 is 15.3. The van der Waals surface area contributed by atoms with Gasteiger partial charge in [0.15, 0.2) is 5.78 Å². The molecule has 0 bridgehead atoms. The molecule has 134 valence electrons. The van der Waals surface area contributed by atoms with E-state index in [0.717, 1.165) is 0 Å². The number of rotatable bonds is 6. The summed E-state index contributed by atoms with van der Waals surface area (Å²) in [5.41, 5.74) is 0.820. The fourth-order valence-electron chi connectivity index (χ4n) is 2.38. The van der Waals surface area contributed by atoms with Crippen molar-refractivity contribution in [2.24, 2.45) is 5.14 Å². The summed E-state index contributed by atoms with van der Waals surface area (Å²) in [6, 6.07) is 6.17. The molecule has 0 radical (unpaired) electrons. The standard InChI is InChI=1S/C15H14BrCl2N3O3S/c1-2-11(25(19,23)24)8-4-3-5-9(13(8)17)14(22)12(16)10-6-7-20-15(18)21-10/h3-7,11-12H,2H2,1H3,(H2,19,23,24). The fraction of sp³-hybridized carbons (Fsp3) is 0.267. The zero-order valence-electron chi connectivity index (χ0n) is 13.0. The predicted octanol–water partition coefficient (Wildman–Crippen LogP) is 3.84. The van der Waals surface area contributed by atoms with Crippen LogP contribution in [0.15, 0.2) is 30.5 Å². The summed E-state index contributed by atoms with van der Waals surface area (Å²) in [6.07, 6.45) is 1.66. The van der Waals surface area contributed by atoms with Gasteiger partial charge in [0.25, 0.3) is 0 Å². The van der Waals surface area contributed by atoms with Gasteiger partial charge in [-0.25, -0.2) is 23.5 Å². The van der Waals surface area contributed by atoms with Crippen LogP contribution in [0.5, 0.6) is 0 Å². The van der Waals surface area contributed by atoms with E-state index in [9.17, 15) is 13.2 Å². The van der Waals surface area contributed by atoms with Crippen LogP contribution >= 0.6 is 39.1 Å². The number of aromatic nitrogens is 2. The van der Waals surface area contributed by atoms with Gasteiger partial charge in [0, 0.05) is 11.8 Å². The van der Waals surface area contributed by atoms with Gasteiger partial charge in [-0.1, -0.05) is 46.6 Å². The lowest BCUT2D eigenvalue weighted by molar-refractivity contribution is 0.0990. The number of primary sulfonamides is 1. The number of Topliss-reactive ketones (excluding diaryl/α,β-unsaturated/α-hetero) is 1. The predicted molar refractivity (Wildman–Crippen MR) is 101 cm³/mol. The van der Waals surface area contributed by atoms with E-state index in [-0.39, 0.29) is 33.6 Å². The summed E-state index contributed by atoms with van der Waals surface area (Å²) in [5.74, 6) is -0.383. The van der Waals surface area contributed by atoms with Crippen molar-refractivity contribution in [1.82, 2.24) is 9.97 Å². The number of ketones is 1. The molecule has 0 saturated heterocycles. The third-order valence-corrected chi connectivity index (χ3v) is 6.42. The maximum absolute atomic E-state index is 12.8. The number of hydrogen-bond acceptors (Lipinski definition) is 5. The van der Waals surface area contributed by atoms with E-state index < -0.39 is 20.1 Å². The van der Waals surface area contributed by atoms with Crippen LogP contribution in [-0.2, 0) is 10.0 Å². The van der Waals surface area contributed by atoms with Gasteiger partial charge in [-0.15, -0.1) is 0 Å². The van der Waals surface area contributed by atoms with Gasteiger partial charge in [-0.2, -0.15) is 0 Å². The molecule has 2 N–H and O–H groups in total. The van der Waals surface area contributed by atoms with Gasteiger partial charge in [0.05, 0.1) is 10.7 Å². The Hall–Kier alpha value is -1.06. The second-order valence-corrected chi connectivity index (χ2v) is 8.55. The highest BCUT2D eigenvalue weighted by molar-refractivity contribution is 9.09. The molecule has 1 aromatic heterocycles. The van der Waals surface area contributed by atoms with E-state index in [1.807, 2.05) is 0 Å². The first-order valence-corrected chi connectivity index (χ1v) is 10.4. The van der Waals surface area contributed by atoms with E-state index in [2.05, 4.69) is 25.9 Å². The summed E-state index contributed by atoms with van der Waals surface area (Å²) in [6.45, 7) is 1.68. The topological polar surface area (TPSA) is 103 Å². The zero-order chi connectivity index (χ0) is 18.8. The summed E-state index contributed by atoms with van der Waals surface area (Å²) in [7, 11) is -3.86. The van der Waals surface area contributed by atoms with Crippen LogP contribution in [-0.4, -0.2) is 24.2 Å². The lowest BCUT2D eigenvalue weighted by Crippen LogP contribution is -2.22. The van der Waals surface area contributed by atoms with Gasteiger partial charge < -0.3 is 0 Å². The van der Waals surface area contributed by atoms with E-state index >= 15 is 0 Å². The smallest absolute Gasteiger partial charge is 0.222 e. The Bertz CT molecular complexity index is 909. The normalized spacial score (nSPS) is 14.1. The highest BCUT2D eigenvalue weighted by Crippen LogP contribution is 2.35. The molecular formula is C15H14BrCl2N3O3S. The van der Waals surface area contributed by atoms with Crippen LogP contribution in [0.3, 0.4) is 0 Å². The number of nitrogens with zero attached hydrogens (tertiary/aromatic N) is 2. The number of carbonyl (C=O) groups is 1. The minimum Gasteiger partial charge on any atom is -0.292 e. The second kappa shape index (κ2) is 8.09. The molecule has 2 atom stereocenters. The quantitative estimate of drug-likeness (QED) is 0.395. The lowest BCUT2D eigenvalue weighted by Gasteiger charge is -2.17. The Kier molecular flexibility index (Phi) is 6.56.